The molecule has 0 atom stereocenters. The zero-order valence-corrected chi connectivity index (χ0v) is 11.2. The van der Waals surface area contributed by atoms with Crippen LogP contribution in [0.3, 0.4) is 0 Å². The number of thioether (sulfide) groups is 1. The fourth-order valence-electron chi connectivity index (χ4n) is 1.27. The zero-order valence-electron chi connectivity index (χ0n) is 10.3. The number of hydrogen-bond donors (Lipinski definition) is 1. The van der Waals surface area contributed by atoms with Crippen molar-refractivity contribution in [2.24, 2.45) is 0 Å². The predicted molar refractivity (Wildman–Crippen MR) is 71.7 cm³/mol. The molecule has 0 saturated heterocycles. The number of amides is 1. The number of nitrogens with one attached hydrogen (secondary N) is 1. The van der Waals surface area contributed by atoms with E-state index in [0.717, 1.165) is 5.56 Å². The molecule has 0 unspecified atom stereocenters. The molecule has 0 radical (unpaired) electrons. The van der Waals surface area contributed by atoms with Gasteiger partial charge in [-0.05, 0) is 12.0 Å². The van der Waals surface area contributed by atoms with Crippen LogP contribution in [-0.2, 0) is 21.0 Å². The van der Waals surface area contributed by atoms with Crippen molar-refractivity contribution in [2.75, 3.05) is 5.75 Å². The highest BCUT2D eigenvalue weighted by atomic mass is 32.2. The topological polar surface area (TPSA) is 55.4 Å². The van der Waals surface area contributed by atoms with Gasteiger partial charge in [0.05, 0.1) is 6.61 Å². The molecule has 0 spiro atoms. The van der Waals surface area contributed by atoms with Gasteiger partial charge in [-0.25, -0.2) is 5.48 Å². The van der Waals surface area contributed by atoms with Crippen LogP contribution in [0.15, 0.2) is 30.3 Å². The normalized spacial score (nSPS) is 10.1. The van der Waals surface area contributed by atoms with Gasteiger partial charge in [0, 0.05) is 19.1 Å². The largest absolute Gasteiger partial charge is 0.288 e. The van der Waals surface area contributed by atoms with Crippen LogP contribution in [0.25, 0.3) is 0 Å². The molecule has 1 amide bonds. The Bertz CT molecular complexity index is 381. The van der Waals surface area contributed by atoms with E-state index in [4.69, 9.17) is 4.84 Å². The lowest BCUT2D eigenvalue weighted by atomic mass is 10.2. The molecule has 0 saturated carbocycles. The van der Waals surface area contributed by atoms with Gasteiger partial charge in [-0.3, -0.25) is 14.4 Å². The minimum Gasteiger partial charge on any atom is -0.288 e. The Balaban J connectivity index is 2.05. The third kappa shape index (κ3) is 7.09. The van der Waals surface area contributed by atoms with E-state index in [2.05, 4.69) is 5.48 Å². The first kappa shape index (κ1) is 14.7. The number of rotatable bonds is 7. The van der Waals surface area contributed by atoms with Crippen molar-refractivity contribution in [2.45, 2.75) is 26.4 Å². The van der Waals surface area contributed by atoms with Gasteiger partial charge < -0.3 is 0 Å². The average Bonchev–Trinajstić information content (AvgIpc) is 2.36. The Morgan fingerprint density at radius 2 is 2.00 bits per heavy atom. The minimum atomic E-state index is -0.157. The molecule has 1 aromatic rings. The molecule has 0 fully saturated rings. The van der Waals surface area contributed by atoms with Crippen LogP contribution in [-0.4, -0.2) is 16.8 Å². The van der Waals surface area contributed by atoms with Crippen LogP contribution < -0.4 is 5.48 Å². The molecule has 18 heavy (non-hydrogen) atoms. The van der Waals surface area contributed by atoms with E-state index < -0.39 is 0 Å². The van der Waals surface area contributed by atoms with Crippen LogP contribution in [0.4, 0.5) is 0 Å². The van der Waals surface area contributed by atoms with Crippen LogP contribution in [0.1, 0.15) is 25.3 Å². The second kappa shape index (κ2) is 8.72. The van der Waals surface area contributed by atoms with Crippen molar-refractivity contribution in [3.63, 3.8) is 0 Å². The maximum Gasteiger partial charge on any atom is 0.243 e. The maximum atomic E-state index is 11.3. The monoisotopic (exact) mass is 267 g/mol. The highest BCUT2D eigenvalue weighted by Gasteiger charge is 2.02. The Labute approximate surface area is 111 Å². The van der Waals surface area contributed by atoms with Crippen molar-refractivity contribution in [1.29, 1.82) is 0 Å². The third-order valence-corrected chi connectivity index (χ3v) is 3.02. The fraction of sp³-hybridized carbons (Fsp3) is 0.385. The molecule has 0 heterocycles. The van der Waals surface area contributed by atoms with Gasteiger partial charge in [-0.2, -0.15) is 0 Å². The zero-order chi connectivity index (χ0) is 13.2. The lowest BCUT2D eigenvalue weighted by Crippen LogP contribution is -2.23. The lowest BCUT2D eigenvalue weighted by Gasteiger charge is -2.05. The van der Waals surface area contributed by atoms with E-state index in [9.17, 15) is 9.59 Å². The van der Waals surface area contributed by atoms with Crippen LogP contribution in [0.5, 0.6) is 0 Å². The first-order valence-corrected chi connectivity index (χ1v) is 6.75. The Morgan fingerprint density at radius 3 is 2.67 bits per heavy atom. The van der Waals surface area contributed by atoms with E-state index in [1.807, 2.05) is 30.3 Å². The molecule has 4 nitrogen and oxygen atoms in total. The summed E-state index contributed by atoms with van der Waals surface area (Å²) in [6.07, 6.45) is 1.04. The molecule has 0 aliphatic heterocycles. The molecule has 98 valence electrons. The molecule has 0 bridgehead atoms. The summed E-state index contributed by atoms with van der Waals surface area (Å²) in [6, 6.07) is 9.61. The first-order chi connectivity index (χ1) is 8.68. The number of carbonyl (C=O) groups excluding carboxylic acids is 2. The molecule has 0 aliphatic carbocycles. The van der Waals surface area contributed by atoms with Gasteiger partial charge in [-0.1, -0.05) is 42.1 Å². The predicted octanol–water partition coefficient (Wildman–Crippen LogP) is 2.29. The van der Waals surface area contributed by atoms with E-state index >= 15 is 0 Å². The number of hydrogen-bond acceptors (Lipinski definition) is 4. The lowest BCUT2D eigenvalue weighted by molar-refractivity contribution is -0.134. The summed E-state index contributed by atoms with van der Waals surface area (Å²) in [5, 5.41) is 0.0794. The molecule has 1 aromatic carbocycles. The van der Waals surface area contributed by atoms with Gasteiger partial charge in [0.1, 0.15) is 0 Å². The maximum absolute atomic E-state index is 11.3. The average molecular weight is 267 g/mol. The van der Waals surface area contributed by atoms with Crippen LogP contribution in [0, 0.1) is 0 Å². The highest BCUT2D eigenvalue weighted by Crippen LogP contribution is 2.05. The van der Waals surface area contributed by atoms with Gasteiger partial charge in [0.15, 0.2) is 5.12 Å². The number of benzene rings is 1. The molecular weight excluding hydrogens is 250 g/mol. The summed E-state index contributed by atoms with van der Waals surface area (Å²) in [6.45, 7) is 1.88. The van der Waals surface area contributed by atoms with Crippen molar-refractivity contribution < 1.29 is 14.4 Å². The van der Waals surface area contributed by atoms with Gasteiger partial charge in [0.2, 0.25) is 5.91 Å². The Kier molecular flexibility index (Phi) is 7.13. The van der Waals surface area contributed by atoms with Crippen molar-refractivity contribution >= 4 is 22.8 Å². The standard InChI is InChI=1S/C13H17NO3S/c1-11(15)18-9-5-8-13(16)14-17-10-12-6-3-2-4-7-12/h2-4,6-7H,5,8-10H2,1H3,(H,14,16). The van der Waals surface area contributed by atoms with E-state index in [0.29, 0.717) is 25.2 Å². The SMILES string of the molecule is CC(=O)SCCCC(=O)NOCc1ccccc1. The quantitative estimate of drug-likeness (QED) is 0.608. The first-order valence-electron chi connectivity index (χ1n) is 5.76. The fourth-order valence-corrected chi connectivity index (χ4v) is 1.85. The van der Waals surface area contributed by atoms with E-state index in [-0.39, 0.29) is 11.0 Å². The second-order valence-corrected chi connectivity index (χ2v) is 5.01. The highest BCUT2D eigenvalue weighted by molar-refractivity contribution is 8.13. The summed E-state index contributed by atoms with van der Waals surface area (Å²) in [7, 11) is 0. The van der Waals surface area contributed by atoms with Crippen LogP contribution in [0.2, 0.25) is 0 Å². The van der Waals surface area contributed by atoms with E-state index in [1.54, 1.807) is 0 Å². The smallest absolute Gasteiger partial charge is 0.243 e. The molecule has 0 aromatic heterocycles. The van der Waals surface area contributed by atoms with Gasteiger partial charge in [-0.15, -0.1) is 0 Å². The van der Waals surface area contributed by atoms with E-state index in [1.165, 1.54) is 18.7 Å². The number of carbonyl (C=O) groups is 2. The Morgan fingerprint density at radius 1 is 1.28 bits per heavy atom. The Hall–Kier alpha value is -1.33. The minimum absolute atomic E-state index is 0.0794. The molecule has 1 rings (SSSR count). The van der Waals surface area contributed by atoms with Crippen molar-refractivity contribution in [1.82, 2.24) is 5.48 Å². The summed E-state index contributed by atoms with van der Waals surface area (Å²) in [4.78, 5) is 27.1. The number of hydroxylamine groups is 1. The second-order valence-electron chi connectivity index (χ2n) is 3.74. The molecule has 1 N–H and O–H groups in total. The summed E-state index contributed by atoms with van der Waals surface area (Å²) in [5.74, 6) is 0.511. The molecular formula is C13H17NO3S. The third-order valence-electron chi connectivity index (χ3n) is 2.12. The molecule has 5 heteroatoms. The molecule has 0 aliphatic rings. The van der Waals surface area contributed by atoms with Crippen molar-refractivity contribution in [3.05, 3.63) is 35.9 Å². The summed E-state index contributed by atoms with van der Waals surface area (Å²) < 4.78 is 0. The summed E-state index contributed by atoms with van der Waals surface area (Å²) >= 11 is 1.23. The van der Waals surface area contributed by atoms with Crippen molar-refractivity contribution in [3.8, 4) is 0 Å². The summed E-state index contributed by atoms with van der Waals surface area (Å²) in [5.41, 5.74) is 3.39. The van der Waals surface area contributed by atoms with Gasteiger partial charge in [0.25, 0.3) is 0 Å². The van der Waals surface area contributed by atoms with Crippen LogP contribution >= 0.6 is 11.8 Å². The van der Waals surface area contributed by atoms with Gasteiger partial charge >= 0.3 is 0 Å².